The van der Waals surface area contributed by atoms with E-state index in [2.05, 4.69) is 0 Å². The maximum absolute atomic E-state index is 13.2. The van der Waals surface area contributed by atoms with E-state index in [0.717, 1.165) is 0 Å². The zero-order valence-corrected chi connectivity index (χ0v) is 11.5. The summed E-state index contributed by atoms with van der Waals surface area (Å²) in [6.07, 6.45) is 0. The van der Waals surface area contributed by atoms with Crippen LogP contribution in [0, 0.1) is 17.1 Å². The van der Waals surface area contributed by atoms with Crippen LogP contribution in [0.4, 0.5) is 4.39 Å². The molecule has 0 radical (unpaired) electrons. The Kier molecular flexibility index (Phi) is 4.75. The molecule has 2 aromatic carbocycles. The number of aliphatic hydroxyl groups is 1. The number of halogens is 1. The zero-order valence-electron chi connectivity index (χ0n) is 11.5. The van der Waals surface area contributed by atoms with Crippen molar-refractivity contribution in [2.45, 2.75) is 13.2 Å². The van der Waals surface area contributed by atoms with Gasteiger partial charge in [0.25, 0.3) is 0 Å². The van der Waals surface area contributed by atoms with Crippen LogP contribution in [0.5, 0.6) is 11.5 Å². The molecular formula is C16H14FNO3. The molecule has 21 heavy (non-hydrogen) atoms. The first-order chi connectivity index (χ1) is 10.2. The average molecular weight is 287 g/mol. The van der Waals surface area contributed by atoms with E-state index < -0.39 is 5.82 Å². The van der Waals surface area contributed by atoms with Gasteiger partial charge in [0.15, 0.2) is 0 Å². The van der Waals surface area contributed by atoms with Crippen molar-refractivity contribution in [1.82, 2.24) is 0 Å². The molecule has 0 amide bonds. The predicted molar refractivity (Wildman–Crippen MR) is 74.4 cm³/mol. The van der Waals surface area contributed by atoms with Crippen LogP contribution in [0.15, 0.2) is 36.4 Å². The molecular weight excluding hydrogens is 273 g/mol. The molecule has 5 heteroatoms. The summed E-state index contributed by atoms with van der Waals surface area (Å²) in [6.45, 7) is -0.158. The van der Waals surface area contributed by atoms with Crippen LogP contribution in [-0.4, -0.2) is 12.2 Å². The number of methoxy groups -OCH3 is 1. The lowest BCUT2D eigenvalue weighted by Gasteiger charge is -2.12. The summed E-state index contributed by atoms with van der Waals surface area (Å²) >= 11 is 0. The third-order valence-corrected chi connectivity index (χ3v) is 3.02. The van der Waals surface area contributed by atoms with Crippen molar-refractivity contribution in [2.24, 2.45) is 0 Å². The van der Waals surface area contributed by atoms with E-state index in [1.54, 1.807) is 18.2 Å². The van der Waals surface area contributed by atoms with Gasteiger partial charge in [0, 0.05) is 17.2 Å². The lowest BCUT2D eigenvalue weighted by Crippen LogP contribution is -2.02. The lowest BCUT2D eigenvalue weighted by atomic mass is 10.1. The van der Waals surface area contributed by atoms with Gasteiger partial charge in [-0.05, 0) is 30.3 Å². The number of benzene rings is 2. The largest absolute Gasteiger partial charge is 0.497 e. The molecule has 108 valence electrons. The summed E-state index contributed by atoms with van der Waals surface area (Å²) in [5, 5.41) is 18.3. The fraction of sp³-hybridized carbons (Fsp3) is 0.188. The summed E-state index contributed by atoms with van der Waals surface area (Å²) in [7, 11) is 1.53. The first kappa shape index (κ1) is 14.8. The van der Waals surface area contributed by atoms with Gasteiger partial charge in [-0.15, -0.1) is 0 Å². The van der Waals surface area contributed by atoms with Crippen LogP contribution in [0.25, 0.3) is 0 Å². The molecule has 0 heterocycles. The van der Waals surface area contributed by atoms with Crippen molar-refractivity contribution in [3.05, 3.63) is 58.9 Å². The number of hydrogen-bond donors (Lipinski definition) is 1. The summed E-state index contributed by atoms with van der Waals surface area (Å²) < 4.78 is 23.9. The number of hydrogen-bond acceptors (Lipinski definition) is 4. The van der Waals surface area contributed by atoms with Gasteiger partial charge in [-0.3, -0.25) is 0 Å². The monoisotopic (exact) mass is 287 g/mol. The summed E-state index contributed by atoms with van der Waals surface area (Å²) in [5.41, 5.74) is 1.39. The molecule has 4 nitrogen and oxygen atoms in total. The van der Waals surface area contributed by atoms with Crippen LogP contribution in [-0.2, 0) is 13.2 Å². The molecule has 0 unspecified atom stereocenters. The molecule has 0 saturated heterocycles. The molecule has 0 aliphatic carbocycles. The second-order valence-electron chi connectivity index (χ2n) is 4.33. The Morgan fingerprint density at radius 2 is 2.00 bits per heavy atom. The third kappa shape index (κ3) is 3.50. The van der Waals surface area contributed by atoms with E-state index >= 15 is 0 Å². The topological polar surface area (TPSA) is 62.5 Å². The Hall–Kier alpha value is -2.58. The van der Waals surface area contributed by atoms with Crippen LogP contribution in [0.1, 0.15) is 16.7 Å². The SMILES string of the molecule is COc1ccc(CO)c(OCc2cc(F)ccc2C#N)c1. The molecule has 2 aromatic rings. The zero-order chi connectivity index (χ0) is 15.2. The number of nitriles is 1. The molecule has 0 saturated carbocycles. The molecule has 0 aliphatic heterocycles. The van der Waals surface area contributed by atoms with Gasteiger partial charge in [-0.2, -0.15) is 5.26 Å². The standard InChI is InChI=1S/C16H14FNO3/c1-20-15-5-3-12(9-19)16(7-15)21-10-13-6-14(17)4-2-11(13)8-18/h2-7,19H,9-10H2,1H3. The van der Waals surface area contributed by atoms with Gasteiger partial charge in [-0.25, -0.2) is 4.39 Å². The van der Waals surface area contributed by atoms with E-state index in [1.807, 2.05) is 6.07 Å². The van der Waals surface area contributed by atoms with Crippen LogP contribution in [0.2, 0.25) is 0 Å². The Labute approximate surface area is 122 Å². The van der Waals surface area contributed by atoms with Gasteiger partial charge < -0.3 is 14.6 Å². The van der Waals surface area contributed by atoms with E-state index in [1.165, 1.54) is 25.3 Å². The maximum Gasteiger partial charge on any atom is 0.129 e. The minimum absolute atomic E-state index is 0.0286. The van der Waals surface area contributed by atoms with Gasteiger partial charge in [-0.1, -0.05) is 0 Å². The quantitative estimate of drug-likeness (QED) is 0.918. The first-order valence-corrected chi connectivity index (χ1v) is 6.27. The molecule has 0 atom stereocenters. The number of aliphatic hydroxyl groups excluding tert-OH is 1. The Balaban J connectivity index is 2.24. The third-order valence-electron chi connectivity index (χ3n) is 3.02. The van der Waals surface area contributed by atoms with Crippen molar-refractivity contribution in [3.63, 3.8) is 0 Å². The Bertz CT molecular complexity index is 680. The average Bonchev–Trinajstić information content (AvgIpc) is 2.52. The summed E-state index contributed by atoms with van der Waals surface area (Å²) in [6, 6.07) is 10.9. The molecule has 0 fully saturated rings. The lowest BCUT2D eigenvalue weighted by molar-refractivity contribution is 0.257. The van der Waals surface area contributed by atoms with E-state index in [9.17, 15) is 9.50 Å². The normalized spacial score (nSPS) is 10.0. The second-order valence-corrected chi connectivity index (χ2v) is 4.33. The Morgan fingerprint density at radius 3 is 2.67 bits per heavy atom. The van der Waals surface area contributed by atoms with Crippen molar-refractivity contribution in [1.29, 1.82) is 5.26 Å². The van der Waals surface area contributed by atoms with Gasteiger partial charge in [0.1, 0.15) is 23.9 Å². The van der Waals surface area contributed by atoms with Crippen molar-refractivity contribution in [3.8, 4) is 17.6 Å². The van der Waals surface area contributed by atoms with E-state index in [0.29, 0.717) is 28.2 Å². The second kappa shape index (κ2) is 6.73. The van der Waals surface area contributed by atoms with Crippen molar-refractivity contribution >= 4 is 0 Å². The predicted octanol–water partition coefficient (Wildman–Crippen LogP) is 2.78. The van der Waals surface area contributed by atoms with Gasteiger partial charge >= 0.3 is 0 Å². The minimum atomic E-state index is -0.430. The highest BCUT2D eigenvalue weighted by atomic mass is 19.1. The molecule has 0 aliphatic rings. The molecule has 1 N–H and O–H groups in total. The van der Waals surface area contributed by atoms with E-state index in [4.69, 9.17) is 14.7 Å². The van der Waals surface area contributed by atoms with Crippen molar-refractivity contribution < 1.29 is 19.0 Å². The first-order valence-electron chi connectivity index (χ1n) is 6.27. The summed E-state index contributed by atoms with van der Waals surface area (Å²) in [4.78, 5) is 0. The fourth-order valence-corrected chi connectivity index (χ4v) is 1.87. The highest BCUT2D eigenvalue weighted by Gasteiger charge is 2.08. The maximum atomic E-state index is 13.2. The highest BCUT2D eigenvalue weighted by molar-refractivity contribution is 5.41. The molecule has 0 aromatic heterocycles. The molecule has 2 rings (SSSR count). The van der Waals surface area contributed by atoms with Crippen molar-refractivity contribution in [2.75, 3.05) is 7.11 Å². The Morgan fingerprint density at radius 1 is 1.19 bits per heavy atom. The number of nitrogens with zero attached hydrogens (tertiary/aromatic N) is 1. The minimum Gasteiger partial charge on any atom is -0.497 e. The highest BCUT2D eigenvalue weighted by Crippen LogP contribution is 2.26. The molecule has 0 bridgehead atoms. The van der Waals surface area contributed by atoms with Crippen LogP contribution >= 0.6 is 0 Å². The smallest absolute Gasteiger partial charge is 0.129 e. The number of ether oxygens (including phenoxy) is 2. The van der Waals surface area contributed by atoms with Gasteiger partial charge in [0.2, 0.25) is 0 Å². The molecule has 0 spiro atoms. The van der Waals surface area contributed by atoms with E-state index in [-0.39, 0.29) is 13.2 Å². The van der Waals surface area contributed by atoms with Crippen LogP contribution < -0.4 is 9.47 Å². The fourth-order valence-electron chi connectivity index (χ4n) is 1.87. The summed E-state index contributed by atoms with van der Waals surface area (Å²) in [5.74, 6) is 0.590. The van der Waals surface area contributed by atoms with Gasteiger partial charge in [0.05, 0.1) is 25.3 Å². The van der Waals surface area contributed by atoms with Crippen LogP contribution in [0.3, 0.4) is 0 Å². The number of rotatable bonds is 5.